The molecular weight excluding hydrogens is 865 g/mol. The molecule has 0 aliphatic heterocycles. The van der Waals surface area contributed by atoms with Crippen molar-refractivity contribution in [2.24, 2.45) is 17.8 Å². The molecule has 0 spiro atoms. The number of benzene rings is 4. The van der Waals surface area contributed by atoms with Gasteiger partial charge in [0.15, 0.2) is 0 Å². The van der Waals surface area contributed by atoms with Crippen LogP contribution in [0, 0.1) is 17.8 Å². The molecular formula is C72H70. The van der Waals surface area contributed by atoms with Crippen molar-refractivity contribution < 1.29 is 0 Å². The minimum Gasteiger partial charge on any atom is -0.0991 e. The molecule has 0 heteroatoms. The minimum absolute atomic E-state index is 0.0886. The number of allylic oxidation sites excluding steroid dienone is 28. The van der Waals surface area contributed by atoms with Crippen molar-refractivity contribution in [3.63, 3.8) is 0 Å². The van der Waals surface area contributed by atoms with E-state index in [0.29, 0.717) is 17.8 Å². The Morgan fingerprint density at radius 2 is 1.28 bits per heavy atom. The maximum absolute atomic E-state index is 4.30. The summed E-state index contributed by atoms with van der Waals surface area (Å²) in [4.78, 5) is 0. The lowest BCUT2D eigenvalue weighted by molar-refractivity contribution is 0.486. The summed E-state index contributed by atoms with van der Waals surface area (Å²) in [6.45, 7) is 12.3. The maximum Gasteiger partial charge on any atom is 0.0336 e. The van der Waals surface area contributed by atoms with E-state index < -0.39 is 0 Å². The van der Waals surface area contributed by atoms with E-state index >= 15 is 0 Å². The van der Waals surface area contributed by atoms with Crippen LogP contribution in [0.2, 0.25) is 0 Å². The van der Waals surface area contributed by atoms with Crippen LogP contribution in [0.25, 0.3) is 11.6 Å². The second kappa shape index (κ2) is 23.3. The van der Waals surface area contributed by atoms with Crippen molar-refractivity contribution in [1.82, 2.24) is 0 Å². The molecule has 0 nitrogen and oxygen atoms in total. The largest absolute Gasteiger partial charge is 0.0991 e. The van der Waals surface area contributed by atoms with Crippen molar-refractivity contribution in [2.75, 3.05) is 0 Å². The zero-order chi connectivity index (χ0) is 49.1. The van der Waals surface area contributed by atoms with Crippen LogP contribution in [0.3, 0.4) is 0 Å². The zero-order valence-corrected chi connectivity index (χ0v) is 42.0. The van der Waals surface area contributed by atoms with E-state index in [4.69, 9.17) is 0 Å². The van der Waals surface area contributed by atoms with Crippen molar-refractivity contribution in [2.45, 2.75) is 81.5 Å². The first-order chi connectivity index (χ1) is 35.6. The fourth-order valence-corrected chi connectivity index (χ4v) is 12.3. The van der Waals surface area contributed by atoms with E-state index in [9.17, 15) is 0 Å². The van der Waals surface area contributed by atoms with Crippen LogP contribution in [0.5, 0.6) is 0 Å². The summed E-state index contributed by atoms with van der Waals surface area (Å²) in [5, 5.41) is 0. The van der Waals surface area contributed by atoms with Gasteiger partial charge in [0.25, 0.3) is 0 Å². The Labute approximate surface area is 431 Å². The predicted octanol–water partition coefficient (Wildman–Crippen LogP) is 19.2. The van der Waals surface area contributed by atoms with E-state index in [1.54, 1.807) is 0 Å². The van der Waals surface area contributed by atoms with Gasteiger partial charge in [-0.1, -0.05) is 262 Å². The molecule has 0 saturated carbocycles. The second-order valence-corrected chi connectivity index (χ2v) is 20.4. The third-order valence-electron chi connectivity index (χ3n) is 15.9. The lowest BCUT2D eigenvalue weighted by atomic mass is 9.73. The van der Waals surface area contributed by atoms with Crippen LogP contribution >= 0.6 is 0 Å². The van der Waals surface area contributed by atoms with Crippen LogP contribution in [0.15, 0.2) is 278 Å². The van der Waals surface area contributed by atoms with Crippen LogP contribution in [-0.2, 0) is 0 Å². The first kappa shape index (κ1) is 48.4. The van der Waals surface area contributed by atoms with Gasteiger partial charge in [0.2, 0.25) is 0 Å². The lowest BCUT2D eigenvalue weighted by Crippen LogP contribution is -2.17. The first-order valence-electron chi connectivity index (χ1n) is 26.8. The first-order valence-corrected chi connectivity index (χ1v) is 26.8. The molecule has 0 aromatic heterocycles. The van der Waals surface area contributed by atoms with Crippen molar-refractivity contribution >= 4 is 11.6 Å². The molecule has 0 radical (unpaired) electrons. The van der Waals surface area contributed by atoms with E-state index in [0.717, 1.165) is 44.9 Å². The molecule has 0 N–H and O–H groups in total. The van der Waals surface area contributed by atoms with Gasteiger partial charge in [0, 0.05) is 29.6 Å². The normalized spacial score (nSPS) is 22.1. The molecule has 0 bridgehead atoms. The molecule has 72 heavy (non-hydrogen) atoms. The third-order valence-corrected chi connectivity index (χ3v) is 15.9. The Hall–Kier alpha value is -7.28. The summed E-state index contributed by atoms with van der Waals surface area (Å²) in [6, 6.07) is 37.6. The molecule has 6 aliphatic rings. The smallest absolute Gasteiger partial charge is 0.0336 e. The monoisotopic (exact) mass is 935 g/mol. The molecule has 7 atom stereocenters. The van der Waals surface area contributed by atoms with Crippen LogP contribution < -0.4 is 0 Å². The fraction of sp³-hybridized carbons (Fsp3) is 0.222. The highest BCUT2D eigenvalue weighted by Gasteiger charge is 2.29. The lowest BCUT2D eigenvalue weighted by Gasteiger charge is -2.31. The minimum atomic E-state index is 0.0886. The van der Waals surface area contributed by atoms with Gasteiger partial charge in [-0.15, -0.1) is 0 Å². The van der Waals surface area contributed by atoms with Crippen LogP contribution in [-0.4, -0.2) is 0 Å². The van der Waals surface area contributed by atoms with Crippen LogP contribution in [0.1, 0.15) is 126 Å². The second-order valence-electron chi connectivity index (χ2n) is 20.4. The summed E-state index contributed by atoms with van der Waals surface area (Å²) in [6.07, 6.45) is 62.3. The summed E-state index contributed by atoms with van der Waals surface area (Å²) in [5.41, 5.74) is 18.7. The summed E-state index contributed by atoms with van der Waals surface area (Å²) in [5.74, 6) is 2.25. The highest BCUT2D eigenvalue weighted by atomic mass is 14.3. The molecule has 4 aromatic rings. The van der Waals surface area contributed by atoms with E-state index in [2.05, 4.69) is 232 Å². The van der Waals surface area contributed by atoms with Gasteiger partial charge in [-0.25, -0.2) is 0 Å². The molecule has 6 aliphatic carbocycles. The van der Waals surface area contributed by atoms with Gasteiger partial charge in [0.05, 0.1) is 0 Å². The molecule has 0 fully saturated rings. The van der Waals surface area contributed by atoms with Gasteiger partial charge < -0.3 is 0 Å². The average molecular weight is 935 g/mol. The van der Waals surface area contributed by atoms with Crippen molar-refractivity contribution in [3.05, 3.63) is 323 Å². The molecule has 4 aromatic carbocycles. The van der Waals surface area contributed by atoms with E-state index in [1.165, 1.54) is 90.8 Å². The maximum atomic E-state index is 4.30. The van der Waals surface area contributed by atoms with Gasteiger partial charge >= 0.3 is 0 Å². The van der Waals surface area contributed by atoms with Gasteiger partial charge in [-0.2, -0.15) is 0 Å². The van der Waals surface area contributed by atoms with Gasteiger partial charge in [0.1, 0.15) is 0 Å². The topological polar surface area (TPSA) is 0 Å². The standard InChI is InChI=1S/C72H70/c1-4-7-21-52-22-19-31-67(50-52)71(58-26-13-9-14-27-58)64-45-41-61(42-46-64)69(53(6-3)20-5-2)60-37-32-55(33-38-60)56-34-39-62(40-35-56)70(57-24-11-8-12-25-57)63-43-47-65(48-44-63)72(59-28-15-10-16-29-59)68-49-36-54-23-17-18-30-66(54)51-68/h4-7,9,11,13-15,17,19-26,28-29,31-32,34-37,39-51,54,58,66,69-72H,1-3,8,10,12,16,18,27,30,33,38H2. The highest BCUT2D eigenvalue weighted by Crippen LogP contribution is 2.45. The third kappa shape index (κ3) is 10.9. The van der Waals surface area contributed by atoms with Crippen molar-refractivity contribution in [1.29, 1.82) is 0 Å². The average Bonchev–Trinajstić information content (AvgIpc) is 3.45. The van der Waals surface area contributed by atoms with E-state index in [-0.39, 0.29) is 23.7 Å². The molecule has 358 valence electrons. The van der Waals surface area contributed by atoms with Crippen molar-refractivity contribution in [3.8, 4) is 0 Å². The molecule has 0 saturated heterocycles. The fourth-order valence-electron chi connectivity index (χ4n) is 12.3. The number of rotatable bonds is 17. The Kier molecular flexibility index (Phi) is 15.6. The Morgan fingerprint density at radius 3 is 1.93 bits per heavy atom. The van der Waals surface area contributed by atoms with E-state index in [1.807, 2.05) is 24.3 Å². The summed E-state index contributed by atoms with van der Waals surface area (Å²) >= 11 is 0. The number of hydrogen-bond donors (Lipinski definition) is 0. The molecule has 7 unspecified atom stereocenters. The molecule has 0 heterocycles. The summed E-state index contributed by atoms with van der Waals surface area (Å²) < 4.78 is 0. The quantitative estimate of drug-likeness (QED) is 0.0731. The van der Waals surface area contributed by atoms with Gasteiger partial charge in [-0.05, 0) is 142 Å². The summed E-state index contributed by atoms with van der Waals surface area (Å²) in [7, 11) is 0. The molecule has 0 amide bonds. The highest BCUT2D eigenvalue weighted by molar-refractivity contribution is 5.70. The van der Waals surface area contributed by atoms with Gasteiger partial charge in [-0.3, -0.25) is 0 Å². The zero-order valence-electron chi connectivity index (χ0n) is 42.0. The predicted molar refractivity (Wildman–Crippen MR) is 310 cm³/mol. The molecule has 10 rings (SSSR count). The Bertz CT molecular complexity index is 3040. The van der Waals surface area contributed by atoms with Crippen LogP contribution in [0.4, 0.5) is 0 Å². The SMILES string of the molecule is C=CC=Cc1cccc(C(c2ccc(C(C(C=C)=CC=C)C3=CC=C(c4ccc(C(C5=CCCC=C5)c5ccc(C(C6=CCCC=C6)C6=CC7CCC=CC7C=C6)cc5)cc4)CC3)cc2)C2C=CC=CC2)c1. The Morgan fingerprint density at radius 1 is 0.569 bits per heavy atom. The Balaban J connectivity index is 0.912. The number of hydrogen-bond acceptors (Lipinski definition) is 0. The number of fused-ring (bicyclic) bond motifs is 1.